The highest BCUT2D eigenvalue weighted by Crippen LogP contribution is 2.34. The van der Waals surface area contributed by atoms with E-state index >= 15 is 0 Å². The Morgan fingerprint density at radius 2 is 1.59 bits per heavy atom. The Labute approximate surface area is 176 Å². The van der Waals surface area contributed by atoms with Gasteiger partial charge >= 0.3 is 0 Å². The predicted molar refractivity (Wildman–Crippen MR) is 116 cm³/mol. The Bertz CT molecular complexity index is 988. The number of amides is 2. The van der Waals surface area contributed by atoms with Crippen molar-refractivity contribution in [2.75, 3.05) is 19.6 Å². The molecule has 150 valence electrons. The van der Waals surface area contributed by atoms with E-state index in [-0.39, 0.29) is 11.8 Å². The van der Waals surface area contributed by atoms with E-state index < -0.39 is 0 Å². The first-order valence-electron chi connectivity index (χ1n) is 10.1. The summed E-state index contributed by atoms with van der Waals surface area (Å²) in [5.41, 5.74) is 5.31. The molecule has 5 heteroatoms. The average Bonchev–Trinajstić information content (AvgIpc) is 3.31. The summed E-state index contributed by atoms with van der Waals surface area (Å²) in [4.78, 5) is 30.2. The molecule has 4 nitrogen and oxygen atoms in total. The van der Waals surface area contributed by atoms with Gasteiger partial charge in [0.15, 0.2) is 0 Å². The Balaban J connectivity index is 1.65. The van der Waals surface area contributed by atoms with Crippen molar-refractivity contribution < 1.29 is 9.59 Å². The number of likely N-dealkylation sites (tertiary alicyclic amines) is 1. The van der Waals surface area contributed by atoms with Gasteiger partial charge in [-0.3, -0.25) is 14.5 Å². The van der Waals surface area contributed by atoms with E-state index in [0.717, 1.165) is 42.6 Å². The van der Waals surface area contributed by atoms with E-state index in [9.17, 15) is 9.59 Å². The van der Waals surface area contributed by atoms with Crippen LogP contribution in [0.15, 0.2) is 48.2 Å². The summed E-state index contributed by atoms with van der Waals surface area (Å²) in [5, 5.41) is 0.678. The molecule has 0 atom stereocenters. The maximum Gasteiger partial charge on any atom is 0.277 e. The average molecular weight is 409 g/mol. The van der Waals surface area contributed by atoms with E-state index in [0.29, 0.717) is 29.3 Å². The molecule has 0 N–H and O–H groups in total. The summed E-state index contributed by atoms with van der Waals surface area (Å²) in [6, 6.07) is 13.5. The van der Waals surface area contributed by atoms with Crippen molar-refractivity contribution in [2.24, 2.45) is 0 Å². The highest BCUT2D eigenvalue weighted by molar-refractivity contribution is 6.35. The van der Waals surface area contributed by atoms with E-state index in [1.54, 1.807) is 0 Å². The van der Waals surface area contributed by atoms with E-state index in [1.165, 1.54) is 10.5 Å². The van der Waals surface area contributed by atoms with E-state index in [1.807, 2.05) is 49.4 Å². The van der Waals surface area contributed by atoms with Crippen molar-refractivity contribution >= 4 is 29.0 Å². The molecule has 0 unspecified atom stereocenters. The van der Waals surface area contributed by atoms with Crippen LogP contribution in [0.3, 0.4) is 0 Å². The zero-order valence-electron chi connectivity index (χ0n) is 16.9. The lowest BCUT2D eigenvalue weighted by molar-refractivity contribution is -0.137. The third kappa shape index (κ3) is 3.82. The first-order valence-corrected chi connectivity index (χ1v) is 10.5. The van der Waals surface area contributed by atoms with Gasteiger partial charge in [-0.25, -0.2) is 0 Å². The molecule has 2 heterocycles. The largest absolute Gasteiger partial charge is 0.366 e. The lowest BCUT2D eigenvalue weighted by Gasteiger charge is -2.20. The summed E-state index contributed by atoms with van der Waals surface area (Å²) >= 11 is 5.96. The summed E-state index contributed by atoms with van der Waals surface area (Å²) in [5.74, 6) is -0.354. The molecule has 2 aliphatic heterocycles. The summed E-state index contributed by atoms with van der Waals surface area (Å²) < 4.78 is 0. The molecule has 2 amide bonds. The van der Waals surface area contributed by atoms with Gasteiger partial charge in [0.1, 0.15) is 5.70 Å². The predicted octanol–water partition coefficient (Wildman–Crippen LogP) is 4.38. The van der Waals surface area contributed by atoms with Crippen LogP contribution < -0.4 is 0 Å². The zero-order valence-corrected chi connectivity index (χ0v) is 17.6. The second-order valence-electron chi connectivity index (χ2n) is 7.86. The summed E-state index contributed by atoms with van der Waals surface area (Å²) in [6.07, 6.45) is 2.72. The van der Waals surface area contributed by atoms with E-state index in [2.05, 4.69) is 11.8 Å². The normalized spacial score (nSPS) is 17.1. The van der Waals surface area contributed by atoms with Crippen molar-refractivity contribution in [2.45, 2.75) is 33.1 Å². The van der Waals surface area contributed by atoms with Gasteiger partial charge in [0.25, 0.3) is 11.8 Å². The molecular formula is C24H25ClN2O2. The molecule has 0 saturated carbocycles. The van der Waals surface area contributed by atoms with Crippen LogP contribution in [0.2, 0.25) is 5.02 Å². The van der Waals surface area contributed by atoms with Crippen molar-refractivity contribution in [3.63, 3.8) is 0 Å². The zero-order chi connectivity index (χ0) is 20.5. The third-order valence-corrected chi connectivity index (χ3v) is 6.15. The molecule has 0 aromatic heterocycles. The van der Waals surface area contributed by atoms with Gasteiger partial charge in [-0.15, -0.1) is 0 Å². The van der Waals surface area contributed by atoms with Gasteiger partial charge in [0.05, 0.1) is 5.57 Å². The molecule has 2 aromatic carbocycles. The van der Waals surface area contributed by atoms with Crippen molar-refractivity contribution in [3.05, 3.63) is 75.4 Å². The minimum Gasteiger partial charge on any atom is -0.366 e. The van der Waals surface area contributed by atoms with Gasteiger partial charge in [0, 0.05) is 24.7 Å². The molecule has 29 heavy (non-hydrogen) atoms. The molecule has 0 aliphatic carbocycles. The number of carbonyl (C=O) groups is 2. The Morgan fingerprint density at radius 1 is 0.897 bits per heavy atom. The fraction of sp³-hybridized carbons (Fsp3) is 0.333. The molecule has 2 aromatic rings. The van der Waals surface area contributed by atoms with Crippen LogP contribution in [0.1, 0.15) is 35.1 Å². The monoisotopic (exact) mass is 408 g/mol. The number of rotatable bonds is 5. The summed E-state index contributed by atoms with van der Waals surface area (Å²) in [6.45, 7) is 6.11. The smallest absolute Gasteiger partial charge is 0.277 e. The van der Waals surface area contributed by atoms with Crippen LogP contribution in [0, 0.1) is 13.8 Å². The number of imide groups is 1. The van der Waals surface area contributed by atoms with Crippen molar-refractivity contribution in [1.82, 2.24) is 9.80 Å². The van der Waals surface area contributed by atoms with Crippen LogP contribution >= 0.6 is 11.6 Å². The standard InChI is InChI=1S/C24H25ClN2O2/c1-16-5-8-19(15-17(16)2)21-22(26-12-3-4-13-26)24(29)27(23(21)28)14-11-18-6-9-20(25)10-7-18/h5-10,15H,3-4,11-14H2,1-2H3. The van der Waals surface area contributed by atoms with Gasteiger partial charge in [-0.05, 0) is 67.5 Å². The molecule has 0 spiro atoms. The topological polar surface area (TPSA) is 40.6 Å². The van der Waals surface area contributed by atoms with Gasteiger partial charge < -0.3 is 4.90 Å². The van der Waals surface area contributed by atoms with Gasteiger partial charge in [-0.1, -0.05) is 41.9 Å². The number of benzene rings is 2. The SMILES string of the molecule is Cc1ccc(C2=C(N3CCCC3)C(=O)N(CCc3ccc(Cl)cc3)C2=O)cc1C. The quantitative estimate of drug-likeness (QED) is 0.689. The maximum atomic E-state index is 13.4. The number of aryl methyl sites for hydroxylation is 2. The Kier molecular flexibility index (Phi) is 5.46. The van der Waals surface area contributed by atoms with Crippen LogP contribution in [0.4, 0.5) is 0 Å². The molecule has 0 bridgehead atoms. The highest BCUT2D eigenvalue weighted by atomic mass is 35.5. The second-order valence-corrected chi connectivity index (χ2v) is 8.29. The lowest BCUT2D eigenvalue weighted by atomic mass is 9.99. The number of nitrogens with zero attached hydrogens (tertiary/aromatic N) is 2. The van der Waals surface area contributed by atoms with Gasteiger partial charge in [-0.2, -0.15) is 0 Å². The molecule has 0 radical (unpaired) electrons. The van der Waals surface area contributed by atoms with Crippen LogP contribution in [-0.2, 0) is 16.0 Å². The van der Waals surface area contributed by atoms with Crippen molar-refractivity contribution in [1.29, 1.82) is 0 Å². The first kappa shape index (κ1) is 19.7. The van der Waals surface area contributed by atoms with Crippen LogP contribution in [0.5, 0.6) is 0 Å². The maximum absolute atomic E-state index is 13.4. The van der Waals surface area contributed by atoms with E-state index in [4.69, 9.17) is 11.6 Å². The number of halogens is 1. The molecule has 4 rings (SSSR count). The van der Waals surface area contributed by atoms with Crippen molar-refractivity contribution in [3.8, 4) is 0 Å². The van der Waals surface area contributed by atoms with Gasteiger partial charge in [0.2, 0.25) is 0 Å². The lowest BCUT2D eigenvalue weighted by Crippen LogP contribution is -2.36. The fourth-order valence-electron chi connectivity index (χ4n) is 4.05. The van der Waals surface area contributed by atoms with Crippen LogP contribution in [0.25, 0.3) is 5.57 Å². The first-order chi connectivity index (χ1) is 14.0. The highest BCUT2D eigenvalue weighted by Gasteiger charge is 2.41. The number of hydrogen-bond acceptors (Lipinski definition) is 3. The second kappa shape index (κ2) is 8.03. The Hall–Kier alpha value is -2.59. The molecule has 1 fully saturated rings. The minimum absolute atomic E-state index is 0.168. The molecule has 1 saturated heterocycles. The fourth-order valence-corrected chi connectivity index (χ4v) is 4.18. The summed E-state index contributed by atoms with van der Waals surface area (Å²) in [7, 11) is 0. The third-order valence-electron chi connectivity index (χ3n) is 5.90. The molecule has 2 aliphatic rings. The van der Waals surface area contributed by atoms with Crippen LogP contribution in [-0.4, -0.2) is 41.2 Å². The Morgan fingerprint density at radius 3 is 2.24 bits per heavy atom. The number of hydrogen-bond donors (Lipinski definition) is 0. The minimum atomic E-state index is -0.186. The number of carbonyl (C=O) groups excluding carboxylic acids is 2. The molecular weight excluding hydrogens is 384 g/mol.